The lowest BCUT2D eigenvalue weighted by Gasteiger charge is -2.18. The normalized spacial score (nSPS) is 9.90. The lowest BCUT2D eigenvalue weighted by molar-refractivity contribution is 0.0992. The summed E-state index contributed by atoms with van der Waals surface area (Å²) in [6, 6.07) is 13.0. The molecule has 0 radical (unpaired) electrons. The Balaban J connectivity index is 2.40. The van der Waals surface area contributed by atoms with Crippen molar-refractivity contribution in [1.29, 1.82) is 5.26 Å². The van der Waals surface area contributed by atoms with E-state index in [9.17, 15) is 9.18 Å². The Labute approximate surface area is 116 Å². The van der Waals surface area contributed by atoms with Gasteiger partial charge >= 0.3 is 0 Å². The molecule has 0 atom stereocenters. The monoisotopic (exact) mass is 268 g/mol. The summed E-state index contributed by atoms with van der Waals surface area (Å²) >= 11 is 0. The van der Waals surface area contributed by atoms with E-state index in [0.717, 1.165) is 0 Å². The molecule has 0 aromatic heterocycles. The third kappa shape index (κ3) is 2.67. The lowest BCUT2D eigenvalue weighted by atomic mass is 10.1. The minimum atomic E-state index is -0.449. The maximum atomic E-state index is 13.4. The number of para-hydroxylation sites is 1. The van der Waals surface area contributed by atoms with Crippen LogP contribution in [0.3, 0.4) is 0 Å². The molecule has 2 aromatic rings. The molecular formula is C16H13FN2O. The number of anilines is 1. The zero-order valence-corrected chi connectivity index (χ0v) is 11.2. The predicted molar refractivity (Wildman–Crippen MR) is 75.0 cm³/mol. The molecule has 0 heterocycles. The molecule has 0 saturated carbocycles. The van der Waals surface area contributed by atoms with Crippen molar-refractivity contribution >= 4 is 11.6 Å². The van der Waals surface area contributed by atoms with E-state index < -0.39 is 5.82 Å². The van der Waals surface area contributed by atoms with Gasteiger partial charge in [0, 0.05) is 12.6 Å². The number of aryl methyl sites for hydroxylation is 1. The highest BCUT2D eigenvalue weighted by atomic mass is 19.1. The van der Waals surface area contributed by atoms with E-state index in [4.69, 9.17) is 5.26 Å². The van der Waals surface area contributed by atoms with Crippen LogP contribution >= 0.6 is 0 Å². The summed E-state index contributed by atoms with van der Waals surface area (Å²) < 4.78 is 13.4. The van der Waals surface area contributed by atoms with Gasteiger partial charge in [0.05, 0.1) is 11.3 Å². The Morgan fingerprint density at radius 1 is 1.25 bits per heavy atom. The van der Waals surface area contributed by atoms with Crippen molar-refractivity contribution in [3.63, 3.8) is 0 Å². The van der Waals surface area contributed by atoms with E-state index in [2.05, 4.69) is 0 Å². The lowest BCUT2D eigenvalue weighted by Crippen LogP contribution is -2.27. The number of nitriles is 1. The molecule has 0 unspecified atom stereocenters. The minimum absolute atomic E-state index is 0.262. The van der Waals surface area contributed by atoms with Gasteiger partial charge in [-0.2, -0.15) is 5.26 Å². The third-order valence-electron chi connectivity index (χ3n) is 2.98. The molecular weight excluding hydrogens is 255 g/mol. The highest BCUT2D eigenvalue weighted by molar-refractivity contribution is 6.06. The van der Waals surface area contributed by atoms with Crippen LogP contribution < -0.4 is 4.90 Å². The smallest absolute Gasteiger partial charge is 0.258 e. The number of hydrogen-bond donors (Lipinski definition) is 0. The molecule has 1 amide bonds. The molecule has 20 heavy (non-hydrogen) atoms. The van der Waals surface area contributed by atoms with Gasteiger partial charge in [0.2, 0.25) is 0 Å². The van der Waals surface area contributed by atoms with E-state index in [1.807, 2.05) is 6.07 Å². The SMILES string of the molecule is Cc1cc(F)cc(C(=O)N(C)c2ccccc2C#N)c1. The molecule has 0 N–H and O–H groups in total. The van der Waals surface area contributed by atoms with Crippen LogP contribution in [0.2, 0.25) is 0 Å². The summed E-state index contributed by atoms with van der Waals surface area (Å²) in [5, 5.41) is 9.06. The van der Waals surface area contributed by atoms with Crippen LogP contribution in [0.1, 0.15) is 21.5 Å². The van der Waals surface area contributed by atoms with Crippen LogP contribution in [-0.4, -0.2) is 13.0 Å². The van der Waals surface area contributed by atoms with Gasteiger partial charge in [-0.25, -0.2) is 4.39 Å². The molecule has 0 aliphatic heterocycles. The van der Waals surface area contributed by atoms with Crippen molar-refractivity contribution in [3.8, 4) is 6.07 Å². The number of carbonyl (C=O) groups excluding carboxylic acids is 1. The van der Waals surface area contributed by atoms with Crippen LogP contribution in [0.25, 0.3) is 0 Å². The van der Waals surface area contributed by atoms with E-state index in [1.54, 1.807) is 44.3 Å². The van der Waals surface area contributed by atoms with Crippen molar-refractivity contribution in [2.75, 3.05) is 11.9 Å². The van der Waals surface area contributed by atoms with Crippen molar-refractivity contribution in [3.05, 3.63) is 65.0 Å². The molecule has 0 bridgehead atoms. The van der Waals surface area contributed by atoms with Crippen LogP contribution in [0.5, 0.6) is 0 Å². The summed E-state index contributed by atoms with van der Waals surface area (Å²) in [5.74, 6) is -0.800. The summed E-state index contributed by atoms with van der Waals surface area (Å²) in [6.07, 6.45) is 0. The molecule has 3 nitrogen and oxygen atoms in total. The zero-order chi connectivity index (χ0) is 14.7. The molecule has 0 spiro atoms. The predicted octanol–water partition coefficient (Wildman–Crippen LogP) is 3.28. The molecule has 100 valence electrons. The second-order valence-corrected chi connectivity index (χ2v) is 4.51. The van der Waals surface area contributed by atoms with Crippen molar-refractivity contribution in [1.82, 2.24) is 0 Å². The second-order valence-electron chi connectivity index (χ2n) is 4.51. The van der Waals surface area contributed by atoms with Crippen molar-refractivity contribution in [2.24, 2.45) is 0 Å². The quantitative estimate of drug-likeness (QED) is 0.839. The Kier molecular flexibility index (Phi) is 3.81. The highest BCUT2D eigenvalue weighted by Gasteiger charge is 2.17. The topological polar surface area (TPSA) is 44.1 Å². The second kappa shape index (κ2) is 5.54. The first-order chi connectivity index (χ1) is 9.52. The standard InChI is InChI=1S/C16H13FN2O/c1-11-7-13(9-14(17)8-11)16(20)19(2)15-6-4-3-5-12(15)10-18/h3-9H,1-2H3. The highest BCUT2D eigenvalue weighted by Crippen LogP contribution is 2.21. The number of amides is 1. The van der Waals surface area contributed by atoms with Gasteiger partial charge in [0.25, 0.3) is 5.91 Å². The Hall–Kier alpha value is -2.67. The third-order valence-corrected chi connectivity index (χ3v) is 2.98. The number of rotatable bonds is 2. The molecule has 0 saturated heterocycles. The number of benzene rings is 2. The largest absolute Gasteiger partial charge is 0.310 e. The molecule has 2 aromatic carbocycles. The molecule has 0 fully saturated rings. The summed E-state index contributed by atoms with van der Waals surface area (Å²) in [4.78, 5) is 13.7. The van der Waals surface area contributed by atoms with Gasteiger partial charge in [-0.05, 0) is 42.8 Å². The summed E-state index contributed by atoms with van der Waals surface area (Å²) in [7, 11) is 1.57. The first-order valence-corrected chi connectivity index (χ1v) is 6.07. The number of hydrogen-bond acceptors (Lipinski definition) is 2. The van der Waals surface area contributed by atoms with Gasteiger partial charge in [0.1, 0.15) is 11.9 Å². The fourth-order valence-electron chi connectivity index (χ4n) is 2.02. The molecule has 0 aliphatic carbocycles. The Morgan fingerprint density at radius 2 is 1.95 bits per heavy atom. The average molecular weight is 268 g/mol. The van der Waals surface area contributed by atoms with E-state index in [0.29, 0.717) is 16.8 Å². The van der Waals surface area contributed by atoms with Crippen LogP contribution in [-0.2, 0) is 0 Å². The number of nitrogens with zero attached hydrogens (tertiary/aromatic N) is 2. The van der Waals surface area contributed by atoms with Gasteiger partial charge in [-0.1, -0.05) is 12.1 Å². The Morgan fingerprint density at radius 3 is 2.60 bits per heavy atom. The first-order valence-electron chi connectivity index (χ1n) is 6.07. The van der Waals surface area contributed by atoms with Gasteiger partial charge < -0.3 is 4.90 Å². The van der Waals surface area contributed by atoms with Crippen molar-refractivity contribution in [2.45, 2.75) is 6.92 Å². The van der Waals surface area contributed by atoms with Crippen LogP contribution in [0.4, 0.5) is 10.1 Å². The summed E-state index contributed by atoms with van der Waals surface area (Å²) in [6.45, 7) is 1.73. The number of carbonyl (C=O) groups is 1. The number of halogens is 1. The molecule has 0 aliphatic rings. The maximum Gasteiger partial charge on any atom is 0.258 e. The van der Waals surface area contributed by atoms with Gasteiger partial charge in [-0.15, -0.1) is 0 Å². The van der Waals surface area contributed by atoms with Gasteiger partial charge in [0.15, 0.2) is 0 Å². The van der Waals surface area contributed by atoms with E-state index >= 15 is 0 Å². The molecule has 2 rings (SSSR count). The molecule has 4 heteroatoms. The van der Waals surface area contributed by atoms with E-state index in [1.165, 1.54) is 17.0 Å². The van der Waals surface area contributed by atoms with Crippen LogP contribution in [0.15, 0.2) is 42.5 Å². The average Bonchev–Trinajstić information content (AvgIpc) is 2.44. The summed E-state index contributed by atoms with van der Waals surface area (Å²) in [5.41, 5.74) is 1.84. The first kappa shape index (κ1) is 13.8. The zero-order valence-electron chi connectivity index (χ0n) is 11.2. The van der Waals surface area contributed by atoms with Crippen LogP contribution in [0, 0.1) is 24.1 Å². The fourth-order valence-corrected chi connectivity index (χ4v) is 2.02. The fraction of sp³-hybridized carbons (Fsp3) is 0.125. The van der Waals surface area contributed by atoms with E-state index in [-0.39, 0.29) is 11.5 Å². The van der Waals surface area contributed by atoms with Gasteiger partial charge in [-0.3, -0.25) is 4.79 Å². The maximum absolute atomic E-state index is 13.4. The Bertz CT molecular complexity index is 684. The van der Waals surface area contributed by atoms with Crippen molar-refractivity contribution < 1.29 is 9.18 Å². The minimum Gasteiger partial charge on any atom is -0.310 e.